The Hall–Kier alpha value is -0.730. The summed E-state index contributed by atoms with van der Waals surface area (Å²) >= 11 is 11.5. The van der Waals surface area contributed by atoms with Crippen molar-refractivity contribution >= 4 is 34.7 Å². The average molecular weight is 288 g/mol. The zero-order chi connectivity index (χ0) is 13.4. The quantitative estimate of drug-likeness (QED) is 0.533. The molecule has 100 valence electrons. The lowest BCUT2D eigenvalue weighted by Gasteiger charge is -2.22. The number of ketones is 1. The Bertz CT molecular complexity index is 359. The van der Waals surface area contributed by atoms with Crippen molar-refractivity contribution in [3.8, 4) is 0 Å². The molecular weight excluding hydrogens is 269 g/mol. The van der Waals surface area contributed by atoms with Gasteiger partial charge < -0.3 is 4.90 Å². The first-order valence-electron chi connectivity index (χ1n) is 6.23. The van der Waals surface area contributed by atoms with Crippen LogP contribution in [0.2, 0.25) is 0 Å². The number of nitrogens with zero attached hydrogens (tertiary/aromatic N) is 1. The lowest BCUT2D eigenvalue weighted by atomic mass is 10.1. The van der Waals surface area contributed by atoms with E-state index < -0.39 is 0 Å². The first kappa shape index (κ1) is 15.3. The number of anilines is 1. The maximum atomic E-state index is 11.7. The summed E-state index contributed by atoms with van der Waals surface area (Å²) < 4.78 is 0. The largest absolute Gasteiger partial charge is 0.369 e. The summed E-state index contributed by atoms with van der Waals surface area (Å²) in [6.07, 6.45) is 1.48. The molecule has 1 aromatic carbocycles. The highest BCUT2D eigenvalue weighted by Crippen LogP contribution is 2.16. The second-order valence-corrected chi connectivity index (χ2v) is 4.84. The number of halogens is 2. The minimum Gasteiger partial charge on any atom is -0.369 e. The van der Waals surface area contributed by atoms with Crippen LogP contribution in [0.1, 0.15) is 30.1 Å². The average Bonchev–Trinajstić information content (AvgIpc) is 2.39. The fraction of sp³-hybridized carbons (Fsp3) is 0.500. The first-order valence-corrected chi connectivity index (χ1v) is 7.30. The molecule has 0 aliphatic carbocycles. The Kier molecular flexibility index (Phi) is 7.14. The molecule has 0 saturated heterocycles. The van der Waals surface area contributed by atoms with Crippen molar-refractivity contribution in [1.29, 1.82) is 0 Å². The van der Waals surface area contributed by atoms with E-state index in [0.717, 1.165) is 30.8 Å². The van der Waals surface area contributed by atoms with Gasteiger partial charge in [-0.05, 0) is 30.7 Å². The van der Waals surface area contributed by atoms with E-state index in [1.807, 2.05) is 31.2 Å². The number of hydrogen-bond acceptors (Lipinski definition) is 2. The molecule has 0 fully saturated rings. The molecule has 0 aromatic heterocycles. The summed E-state index contributed by atoms with van der Waals surface area (Å²) in [6, 6.07) is 7.68. The fourth-order valence-corrected chi connectivity index (χ4v) is 2.21. The van der Waals surface area contributed by atoms with Gasteiger partial charge in [0, 0.05) is 42.5 Å². The highest BCUT2D eigenvalue weighted by Gasteiger charge is 2.08. The lowest BCUT2D eigenvalue weighted by Crippen LogP contribution is -2.27. The van der Waals surface area contributed by atoms with Crippen molar-refractivity contribution in [2.24, 2.45) is 0 Å². The molecule has 1 aromatic rings. The molecule has 4 heteroatoms. The number of carbonyl (C=O) groups excluding carboxylic acids is 1. The van der Waals surface area contributed by atoms with E-state index in [2.05, 4.69) is 4.90 Å². The number of rotatable bonds is 8. The third-order valence-corrected chi connectivity index (χ3v) is 3.08. The van der Waals surface area contributed by atoms with Gasteiger partial charge in [-0.2, -0.15) is 0 Å². The van der Waals surface area contributed by atoms with Gasteiger partial charge in [-0.15, -0.1) is 23.2 Å². The van der Waals surface area contributed by atoms with Crippen LogP contribution in [-0.4, -0.2) is 30.6 Å². The molecule has 1 rings (SSSR count). The molecule has 0 aliphatic heterocycles. The Morgan fingerprint density at radius 2 is 1.67 bits per heavy atom. The molecule has 0 heterocycles. The third kappa shape index (κ3) is 4.51. The maximum absolute atomic E-state index is 11.7. The lowest BCUT2D eigenvalue weighted by molar-refractivity contribution is 0.0982. The molecule has 0 atom stereocenters. The SMILES string of the molecule is CCCC(=O)c1ccc(N(CCCl)CCCl)cc1. The van der Waals surface area contributed by atoms with Gasteiger partial charge in [0.25, 0.3) is 0 Å². The summed E-state index contributed by atoms with van der Waals surface area (Å²) in [7, 11) is 0. The van der Waals surface area contributed by atoms with Crippen LogP contribution in [0.25, 0.3) is 0 Å². The Balaban J connectivity index is 2.76. The van der Waals surface area contributed by atoms with Gasteiger partial charge in [0.15, 0.2) is 5.78 Å². The monoisotopic (exact) mass is 287 g/mol. The smallest absolute Gasteiger partial charge is 0.162 e. The molecule has 2 nitrogen and oxygen atoms in total. The zero-order valence-corrected chi connectivity index (χ0v) is 12.2. The Morgan fingerprint density at radius 1 is 1.11 bits per heavy atom. The van der Waals surface area contributed by atoms with Crippen molar-refractivity contribution in [3.05, 3.63) is 29.8 Å². The zero-order valence-electron chi connectivity index (χ0n) is 10.7. The van der Waals surface area contributed by atoms with E-state index in [4.69, 9.17) is 23.2 Å². The van der Waals surface area contributed by atoms with E-state index in [0.29, 0.717) is 18.2 Å². The van der Waals surface area contributed by atoms with Crippen molar-refractivity contribution in [2.45, 2.75) is 19.8 Å². The summed E-state index contributed by atoms with van der Waals surface area (Å²) in [4.78, 5) is 13.8. The molecule has 0 bridgehead atoms. The van der Waals surface area contributed by atoms with Crippen molar-refractivity contribution in [1.82, 2.24) is 0 Å². The van der Waals surface area contributed by atoms with Gasteiger partial charge in [0.05, 0.1) is 0 Å². The first-order chi connectivity index (χ1) is 8.72. The Morgan fingerprint density at radius 3 is 2.11 bits per heavy atom. The predicted octanol–water partition coefficient (Wildman–Crippen LogP) is 3.95. The summed E-state index contributed by atoms with van der Waals surface area (Å²) in [5.41, 5.74) is 1.83. The van der Waals surface area contributed by atoms with E-state index >= 15 is 0 Å². The van der Waals surface area contributed by atoms with E-state index in [9.17, 15) is 4.79 Å². The molecule has 0 N–H and O–H groups in total. The van der Waals surface area contributed by atoms with Crippen molar-refractivity contribution in [2.75, 3.05) is 29.7 Å². The molecular formula is C14H19Cl2NO. The molecule has 0 saturated carbocycles. The Labute approximate surface area is 119 Å². The summed E-state index contributed by atoms with van der Waals surface area (Å²) in [6.45, 7) is 3.53. The minimum absolute atomic E-state index is 0.199. The minimum atomic E-state index is 0.199. The second-order valence-electron chi connectivity index (χ2n) is 4.09. The normalized spacial score (nSPS) is 10.4. The number of carbonyl (C=O) groups is 1. The highest BCUT2D eigenvalue weighted by atomic mass is 35.5. The fourth-order valence-electron chi connectivity index (χ4n) is 1.80. The predicted molar refractivity (Wildman–Crippen MR) is 79.3 cm³/mol. The molecule has 0 radical (unpaired) electrons. The van der Waals surface area contributed by atoms with Crippen molar-refractivity contribution in [3.63, 3.8) is 0 Å². The van der Waals surface area contributed by atoms with Crippen LogP contribution in [0.15, 0.2) is 24.3 Å². The summed E-state index contributed by atoms with van der Waals surface area (Å²) in [5.74, 6) is 1.33. The maximum Gasteiger partial charge on any atom is 0.162 e. The number of benzene rings is 1. The molecule has 0 amide bonds. The van der Waals surface area contributed by atoms with Crippen molar-refractivity contribution < 1.29 is 4.79 Å². The van der Waals surface area contributed by atoms with Crippen LogP contribution >= 0.6 is 23.2 Å². The van der Waals surface area contributed by atoms with E-state index in [1.54, 1.807) is 0 Å². The number of hydrogen-bond donors (Lipinski definition) is 0. The van der Waals surface area contributed by atoms with Gasteiger partial charge in [0.2, 0.25) is 0 Å². The molecule has 0 unspecified atom stereocenters. The van der Waals surface area contributed by atoms with E-state index in [1.165, 1.54) is 0 Å². The van der Waals surface area contributed by atoms with Gasteiger partial charge in [-0.1, -0.05) is 6.92 Å². The number of Topliss-reactive ketones (excluding diaryl/α,β-unsaturated/α-hetero) is 1. The topological polar surface area (TPSA) is 20.3 Å². The van der Waals surface area contributed by atoms with Crippen LogP contribution in [0.3, 0.4) is 0 Å². The molecule has 18 heavy (non-hydrogen) atoms. The van der Waals surface area contributed by atoms with Crippen LogP contribution in [0, 0.1) is 0 Å². The molecule has 0 aliphatic rings. The van der Waals surface area contributed by atoms with E-state index in [-0.39, 0.29) is 5.78 Å². The number of alkyl halides is 2. The third-order valence-electron chi connectivity index (χ3n) is 2.74. The highest BCUT2D eigenvalue weighted by molar-refractivity contribution is 6.18. The van der Waals surface area contributed by atoms with Crippen LogP contribution < -0.4 is 4.90 Å². The summed E-state index contributed by atoms with van der Waals surface area (Å²) in [5, 5.41) is 0. The van der Waals surface area contributed by atoms with Gasteiger partial charge in [0.1, 0.15) is 0 Å². The molecule has 0 spiro atoms. The van der Waals surface area contributed by atoms with Gasteiger partial charge in [-0.3, -0.25) is 4.79 Å². The second kappa shape index (κ2) is 8.39. The standard InChI is InChI=1S/C14H19Cl2NO/c1-2-3-14(18)12-4-6-13(7-5-12)17(10-8-15)11-9-16/h4-7H,2-3,8-11H2,1H3. The van der Waals surface area contributed by atoms with Crippen LogP contribution in [0.5, 0.6) is 0 Å². The van der Waals surface area contributed by atoms with Gasteiger partial charge >= 0.3 is 0 Å². The van der Waals surface area contributed by atoms with Crippen LogP contribution in [-0.2, 0) is 0 Å². The van der Waals surface area contributed by atoms with Crippen LogP contribution in [0.4, 0.5) is 5.69 Å². The van der Waals surface area contributed by atoms with Gasteiger partial charge in [-0.25, -0.2) is 0 Å².